The maximum Gasteiger partial charge on any atom is 0.283 e. The fourth-order valence-corrected chi connectivity index (χ4v) is 3.28. The van der Waals surface area contributed by atoms with Gasteiger partial charge in [-0.3, -0.25) is 4.79 Å². The molecule has 0 atom stereocenters. The van der Waals surface area contributed by atoms with Gasteiger partial charge < -0.3 is 9.64 Å². The molecule has 0 aliphatic carbocycles. The summed E-state index contributed by atoms with van der Waals surface area (Å²) in [7, 11) is 0. The van der Waals surface area contributed by atoms with Crippen LogP contribution in [-0.2, 0) is 4.74 Å². The van der Waals surface area contributed by atoms with Crippen LogP contribution >= 0.6 is 11.3 Å². The molecule has 3 aromatic rings. The van der Waals surface area contributed by atoms with Gasteiger partial charge in [0.15, 0.2) is 0 Å². The smallest absolute Gasteiger partial charge is 0.283 e. The minimum Gasteiger partial charge on any atom is -0.378 e. The van der Waals surface area contributed by atoms with Crippen molar-refractivity contribution in [1.82, 2.24) is 14.6 Å². The monoisotopic (exact) mass is 288 g/mol. The number of ether oxygens (including phenoxy) is 1. The number of benzene rings is 1. The van der Waals surface area contributed by atoms with Gasteiger partial charge >= 0.3 is 0 Å². The Labute approximate surface area is 118 Å². The summed E-state index contributed by atoms with van der Waals surface area (Å²) >= 11 is 1.44. The lowest BCUT2D eigenvalue weighted by atomic mass is 10.2. The van der Waals surface area contributed by atoms with Crippen LogP contribution in [0.2, 0.25) is 0 Å². The van der Waals surface area contributed by atoms with E-state index in [4.69, 9.17) is 4.74 Å². The first kappa shape index (κ1) is 11.8. The van der Waals surface area contributed by atoms with E-state index < -0.39 is 0 Å². The zero-order valence-corrected chi connectivity index (χ0v) is 11.5. The Hall–Kier alpha value is -1.99. The average Bonchev–Trinajstić information content (AvgIpc) is 2.93. The summed E-state index contributed by atoms with van der Waals surface area (Å²) in [5.41, 5.74) is 0.607. The molecule has 3 heterocycles. The van der Waals surface area contributed by atoms with Crippen LogP contribution in [0.4, 0.5) is 5.13 Å². The van der Waals surface area contributed by atoms with Gasteiger partial charge in [0.1, 0.15) is 0 Å². The molecule has 1 aromatic carbocycles. The Morgan fingerprint density at radius 2 is 2.00 bits per heavy atom. The van der Waals surface area contributed by atoms with Crippen LogP contribution in [0.3, 0.4) is 0 Å². The average molecular weight is 288 g/mol. The number of para-hydroxylation sites is 1. The summed E-state index contributed by atoms with van der Waals surface area (Å²) in [6, 6.07) is 7.36. The number of fused-ring (bicyclic) bond motifs is 2. The highest BCUT2D eigenvalue weighted by Crippen LogP contribution is 2.23. The molecule has 1 fully saturated rings. The molecule has 1 aliphatic rings. The van der Waals surface area contributed by atoms with E-state index in [1.54, 1.807) is 6.07 Å². The molecule has 6 nitrogen and oxygen atoms in total. The maximum absolute atomic E-state index is 12.4. The van der Waals surface area contributed by atoms with Gasteiger partial charge in [-0.15, -0.1) is 5.10 Å². The first-order valence-electron chi connectivity index (χ1n) is 6.44. The van der Waals surface area contributed by atoms with Crippen molar-refractivity contribution >= 4 is 32.3 Å². The standard InChI is InChI=1S/C13H12N4O2S/c18-11-9-3-1-2-4-10(9)14-12-17(11)15-13(20-12)16-5-7-19-8-6-16/h1-4H,5-8H2. The van der Waals surface area contributed by atoms with Crippen LogP contribution < -0.4 is 10.5 Å². The zero-order valence-electron chi connectivity index (χ0n) is 10.7. The lowest BCUT2D eigenvalue weighted by Crippen LogP contribution is -2.36. The molecule has 0 bridgehead atoms. The molecule has 4 rings (SSSR count). The number of anilines is 1. The van der Waals surface area contributed by atoms with Gasteiger partial charge in [0, 0.05) is 13.1 Å². The molecule has 0 amide bonds. The van der Waals surface area contributed by atoms with E-state index in [0.717, 1.165) is 23.7 Å². The van der Waals surface area contributed by atoms with E-state index in [2.05, 4.69) is 15.0 Å². The van der Waals surface area contributed by atoms with Crippen LogP contribution in [0, 0.1) is 0 Å². The molecule has 1 saturated heterocycles. The van der Waals surface area contributed by atoms with E-state index in [9.17, 15) is 4.79 Å². The van der Waals surface area contributed by atoms with Crippen molar-refractivity contribution in [2.75, 3.05) is 31.2 Å². The lowest BCUT2D eigenvalue weighted by molar-refractivity contribution is 0.122. The SMILES string of the molecule is O=c1c2ccccc2nc2sc(N3CCOCC3)nn12. The number of morpholine rings is 1. The fraction of sp³-hybridized carbons (Fsp3) is 0.308. The molecule has 2 aromatic heterocycles. The second-order valence-corrected chi connectivity index (χ2v) is 5.55. The third-order valence-electron chi connectivity index (χ3n) is 3.37. The first-order chi connectivity index (χ1) is 9.83. The molecule has 102 valence electrons. The highest BCUT2D eigenvalue weighted by atomic mass is 32.1. The molecule has 20 heavy (non-hydrogen) atoms. The van der Waals surface area contributed by atoms with Crippen molar-refractivity contribution in [1.29, 1.82) is 0 Å². The lowest BCUT2D eigenvalue weighted by Gasteiger charge is -2.25. The van der Waals surface area contributed by atoms with Gasteiger partial charge in [-0.25, -0.2) is 4.98 Å². The van der Waals surface area contributed by atoms with Crippen molar-refractivity contribution in [3.63, 3.8) is 0 Å². The Bertz CT molecular complexity index is 835. The van der Waals surface area contributed by atoms with Crippen molar-refractivity contribution in [3.8, 4) is 0 Å². The van der Waals surface area contributed by atoms with E-state index >= 15 is 0 Å². The van der Waals surface area contributed by atoms with Crippen molar-refractivity contribution < 1.29 is 4.74 Å². The van der Waals surface area contributed by atoms with Gasteiger partial charge in [-0.1, -0.05) is 23.5 Å². The number of rotatable bonds is 1. The second kappa shape index (κ2) is 4.53. The summed E-state index contributed by atoms with van der Waals surface area (Å²) < 4.78 is 6.73. The van der Waals surface area contributed by atoms with Crippen LogP contribution in [0.15, 0.2) is 29.1 Å². The Morgan fingerprint density at radius 1 is 1.20 bits per heavy atom. The zero-order chi connectivity index (χ0) is 13.5. The predicted molar refractivity (Wildman–Crippen MR) is 77.7 cm³/mol. The molecular weight excluding hydrogens is 276 g/mol. The summed E-state index contributed by atoms with van der Waals surface area (Å²) in [5.74, 6) is 0. The van der Waals surface area contributed by atoms with Gasteiger partial charge in [0.05, 0.1) is 24.1 Å². The Kier molecular flexibility index (Phi) is 2.68. The molecule has 1 aliphatic heterocycles. The molecule has 0 N–H and O–H groups in total. The van der Waals surface area contributed by atoms with E-state index in [0.29, 0.717) is 23.6 Å². The van der Waals surface area contributed by atoms with Gasteiger partial charge in [0.2, 0.25) is 10.1 Å². The normalized spacial score (nSPS) is 16.1. The maximum atomic E-state index is 12.4. The predicted octanol–water partition coefficient (Wildman–Crippen LogP) is 1.14. The highest BCUT2D eigenvalue weighted by molar-refractivity contribution is 7.20. The Balaban J connectivity index is 1.92. The number of hydrogen-bond donors (Lipinski definition) is 0. The van der Waals surface area contributed by atoms with E-state index in [-0.39, 0.29) is 5.56 Å². The van der Waals surface area contributed by atoms with Crippen LogP contribution in [0.5, 0.6) is 0 Å². The van der Waals surface area contributed by atoms with Crippen molar-refractivity contribution in [2.24, 2.45) is 0 Å². The molecule has 0 saturated carbocycles. The topological polar surface area (TPSA) is 59.7 Å². The third kappa shape index (κ3) is 1.78. The summed E-state index contributed by atoms with van der Waals surface area (Å²) in [4.78, 5) is 19.7. The highest BCUT2D eigenvalue weighted by Gasteiger charge is 2.17. The van der Waals surface area contributed by atoms with Crippen LogP contribution in [0.1, 0.15) is 0 Å². The molecule has 0 unspecified atom stereocenters. The number of hydrogen-bond acceptors (Lipinski definition) is 6. The van der Waals surface area contributed by atoms with E-state index in [1.807, 2.05) is 18.2 Å². The van der Waals surface area contributed by atoms with Crippen molar-refractivity contribution in [2.45, 2.75) is 0 Å². The number of aromatic nitrogens is 3. The second-order valence-electron chi connectivity index (χ2n) is 4.61. The molecular formula is C13H12N4O2S. The fourth-order valence-electron chi connectivity index (χ4n) is 2.33. The van der Waals surface area contributed by atoms with Gasteiger partial charge in [0.25, 0.3) is 5.56 Å². The van der Waals surface area contributed by atoms with Gasteiger partial charge in [-0.05, 0) is 12.1 Å². The molecule has 0 spiro atoms. The number of nitrogens with zero attached hydrogens (tertiary/aromatic N) is 4. The quantitative estimate of drug-likeness (QED) is 0.672. The summed E-state index contributed by atoms with van der Waals surface area (Å²) in [5, 5.41) is 5.84. The van der Waals surface area contributed by atoms with Crippen LogP contribution in [-0.4, -0.2) is 40.9 Å². The molecule has 0 radical (unpaired) electrons. The minimum absolute atomic E-state index is 0.110. The van der Waals surface area contributed by atoms with Crippen LogP contribution in [0.25, 0.3) is 15.9 Å². The summed E-state index contributed by atoms with van der Waals surface area (Å²) in [6.07, 6.45) is 0. The first-order valence-corrected chi connectivity index (χ1v) is 7.26. The van der Waals surface area contributed by atoms with E-state index in [1.165, 1.54) is 15.9 Å². The third-order valence-corrected chi connectivity index (χ3v) is 4.34. The Morgan fingerprint density at radius 3 is 2.85 bits per heavy atom. The molecule has 7 heteroatoms. The van der Waals surface area contributed by atoms with Crippen molar-refractivity contribution in [3.05, 3.63) is 34.6 Å². The van der Waals surface area contributed by atoms with Gasteiger partial charge in [-0.2, -0.15) is 4.52 Å². The minimum atomic E-state index is -0.110. The summed E-state index contributed by atoms with van der Waals surface area (Å²) in [6.45, 7) is 2.99. The largest absolute Gasteiger partial charge is 0.378 e.